The van der Waals surface area contributed by atoms with Gasteiger partial charge in [0.25, 0.3) is 0 Å². The highest BCUT2D eigenvalue weighted by molar-refractivity contribution is 5.58. The molecule has 0 amide bonds. The normalized spacial score (nSPS) is 10.1. The van der Waals surface area contributed by atoms with Crippen LogP contribution in [0.2, 0.25) is 0 Å². The third-order valence-electron chi connectivity index (χ3n) is 1.73. The van der Waals surface area contributed by atoms with Crippen molar-refractivity contribution >= 4 is 5.95 Å². The molecule has 0 bridgehead atoms. The second kappa shape index (κ2) is 3.37. The highest BCUT2D eigenvalue weighted by Crippen LogP contribution is 2.18. The van der Waals surface area contributed by atoms with Gasteiger partial charge in [-0.2, -0.15) is 0 Å². The topological polar surface area (TPSA) is 64.7 Å². The summed E-state index contributed by atoms with van der Waals surface area (Å²) in [6.45, 7) is 0. The van der Waals surface area contributed by atoms with E-state index in [9.17, 15) is 4.39 Å². The number of hydrogen-bond acceptors (Lipinski definition) is 4. The maximum atomic E-state index is 13.2. The van der Waals surface area contributed by atoms with Crippen molar-refractivity contribution in [2.75, 3.05) is 5.73 Å². The molecule has 0 unspecified atom stereocenters. The SMILES string of the molecule is Nc1ncc(-c2ccccc2F)nn1. The highest BCUT2D eigenvalue weighted by atomic mass is 19.1. The summed E-state index contributed by atoms with van der Waals surface area (Å²) in [6, 6.07) is 6.29. The van der Waals surface area contributed by atoms with Crippen molar-refractivity contribution in [1.82, 2.24) is 15.2 Å². The standard InChI is InChI=1S/C9H7FN4/c10-7-4-2-1-3-6(7)8-5-12-9(11)14-13-8/h1-5H,(H2,11,12,14). The van der Waals surface area contributed by atoms with Crippen molar-refractivity contribution in [3.05, 3.63) is 36.3 Å². The summed E-state index contributed by atoms with van der Waals surface area (Å²) in [4.78, 5) is 3.73. The van der Waals surface area contributed by atoms with Crippen LogP contribution in [0.15, 0.2) is 30.5 Å². The largest absolute Gasteiger partial charge is 0.366 e. The summed E-state index contributed by atoms with van der Waals surface area (Å²) in [6.07, 6.45) is 1.39. The Hall–Kier alpha value is -2.04. The van der Waals surface area contributed by atoms with E-state index in [-0.39, 0.29) is 11.8 Å². The number of halogens is 1. The summed E-state index contributed by atoms with van der Waals surface area (Å²) in [5, 5.41) is 7.28. The number of nitrogens with zero attached hydrogens (tertiary/aromatic N) is 3. The molecule has 2 rings (SSSR count). The van der Waals surface area contributed by atoms with Crippen molar-refractivity contribution in [3.63, 3.8) is 0 Å². The lowest BCUT2D eigenvalue weighted by Gasteiger charge is -1.99. The quantitative estimate of drug-likeness (QED) is 0.735. The van der Waals surface area contributed by atoms with Gasteiger partial charge in [-0.05, 0) is 12.1 Å². The van der Waals surface area contributed by atoms with Crippen LogP contribution < -0.4 is 5.73 Å². The summed E-state index contributed by atoms with van der Waals surface area (Å²) >= 11 is 0. The molecule has 0 aliphatic heterocycles. The molecule has 0 radical (unpaired) electrons. The molecule has 14 heavy (non-hydrogen) atoms. The van der Waals surface area contributed by atoms with Gasteiger partial charge in [0.15, 0.2) is 0 Å². The van der Waals surface area contributed by atoms with E-state index in [1.807, 2.05) is 0 Å². The van der Waals surface area contributed by atoms with Gasteiger partial charge in [0.2, 0.25) is 5.95 Å². The first-order chi connectivity index (χ1) is 6.77. The van der Waals surface area contributed by atoms with Gasteiger partial charge in [-0.3, -0.25) is 0 Å². The molecule has 2 aromatic rings. The molecule has 0 aliphatic rings. The third-order valence-corrected chi connectivity index (χ3v) is 1.73. The Morgan fingerprint density at radius 1 is 1.14 bits per heavy atom. The van der Waals surface area contributed by atoms with Crippen molar-refractivity contribution < 1.29 is 4.39 Å². The number of nitrogens with two attached hydrogens (primary N) is 1. The molecule has 0 saturated carbocycles. The molecular weight excluding hydrogens is 183 g/mol. The second-order valence-electron chi connectivity index (χ2n) is 2.68. The average Bonchev–Trinajstić information content (AvgIpc) is 2.20. The van der Waals surface area contributed by atoms with Crippen LogP contribution in [0.5, 0.6) is 0 Å². The number of nitrogen functional groups attached to an aromatic ring is 1. The van der Waals surface area contributed by atoms with Crippen molar-refractivity contribution in [3.8, 4) is 11.3 Å². The minimum absolute atomic E-state index is 0.0742. The molecule has 2 N–H and O–H groups in total. The Kier molecular flexibility index (Phi) is 2.06. The Morgan fingerprint density at radius 3 is 2.57 bits per heavy atom. The molecule has 0 saturated heterocycles. The first-order valence-electron chi connectivity index (χ1n) is 3.97. The number of hydrogen-bond donors (Lipinski definition) is 1. The Bertz CT molecular complexity index is 441. The van der Waals surface area contributed by atoms with Crippen LogP contribution in [0, 0.1) is 5.82 Å². The summed E-state index contributed by atoms with van der Waals surface area (Å²) in [5.41, 5.74) is 6.00. The predicted octanol–water partition coefficient (Wildman–Crippen LogP) is 1.26. The van der Waals surface area contributed by atoms with E-state index in [1.165, 1.54) is 12.3 Å². The molecule has 5 heteroatoms. The van der Waals surface area contributed by atoms with Crippen molar-refractivity contribution in [1.29, 1.82) is 0 Å². The zero-order valence-corrected chi connectivity index (χ0v) is 7.18. The van der Waals surface area contributed by atoms with E-state index in [1.54, 1.807) is 18.2 Å². The molecule has 70 valence electrons. The fourth-order valence-electron chi connectivity index (χ4n) is 1.08. The van der Waals surface area contributed by atoms with Crippen LogP contribution in [-0.2, 0) is 0 Å². The van der Waals surface area contributed by atoms with Gasteiger partial charge >= 0.3 is 0 Å². The average molecular weight is 190 g/mol. The van der Waals surface area contributed by atoms with Crippen LogP contribution in [0.3, 0.4) is 0 Å². The zero-order valence-electron chi connectivity index (χ0n) is 7.18. The van der Waals surface area contributed by atoms with Gasteiger partial charge in [-0.25, -0.2) is 9.37 Å². The fraction of sp³-hybridized carbons (Fsp3) is 0. The molecule has 0 aliphatic carbocycles. The number of anilines is 1. The van der Waals surface area contributed by atoms with Gasteiger partial charge in [-0.1, -0.05) is 12.1 Å². The molecule has 1 heterocycles. The van der Waals surface area contributed by atoms with E-state index in [0.717, 1.165) is 0 Å². The molecular formula is C9H7FN4. The molecule has 0 atom stereocenters. The number of aromatic nitrogens is 3. The Morgan fingerprint density at radius 2 is 1.93 bits per heavy atom. The van der Waals surface area contributed by atoms with Gasteiger partial charge in [0.1, 0.15) is 11.5 Å². The van der Waals surface area contributed by atoms with Crippen LogP contribution in [0.25, 0.3) is 11.3 Å². The Balaban J connectivity index is 2.50. The van der Waals surface area contributed by atoms with Crippen LogP contribution in [0.4, 0.5) is 10.3 Å². The fourth-order valence-corrected chi connectivity index (χ4v) is 1.08. The van der Waals surface area contributed by atoms with Gasteiger partial charge < -0.3 is 5.73 Å². The molecule has 4 nitrogen and oxygen atoms in total. The molecule has 1 aromatic heterocycles. The van der Waals surface area contributed by atoms with Crippen molar-refractivity contribution in [2.24, 2.45) is 0 Å². The lowest BCUT2D eigenvalue weighted by molar-refractivity contribution is 0.630. The van der Waals surface area contributed by atoms with Gasteiger partial charge in [-0.15, -0.1) is 10.2 Å². The van der Waals surface area contributed by atoms with E-state index in [4.69, 9.17) is 5.73 Å². The maximum Gasteiger partial charge on any atom is 0.240 e. The summed E-state index contributed by atoms with van der Waals surface area (Å²) < 4.78 is 13.2. The third kappa shape index (κ3) is 1.52. The van der Waals surface area contributed by atoms with Gasteiger partial charge in [0, 0.05) is 5.56 Å². The first-order valence-corrected chi connectivity index (χ1v) is 3.97. The van der Waals surface area contributed by atoms with E-state index >= 15 is 0 Å². The first kappa shape index (κ1) is 8.55. The maximum absolute atomic E-state index is 13.2. The van der Waals surface area contributed by atoms with Crippen LogP contribution in [-0.4, -0.2) is 15.2 Å². The zero-order chi connectivity index (χ0) is 9.97. The van der Waals surface area contributed by atoms with Gasteiger partial charge in [0.05, 0.1) is 6.20 Å². The minimum atomic E-state index is -0.353. The lowest BCUT2D eigenvalue weighted by atomic mass is 10.1. The molecule has 0 spiro atoms. The van der Waals surface area contributed by atoms with E-state index in [0.29, 0.717) is 11.3 Å². The lowest BCUT2D eigenvalue weighted by Crippen LogP contribution is -1.98. The van der Waals surface area contributed by atoms with Crippen LogP contribution in [0.1, 0.15) is 0 Å². The highest BCUT2D eigenvalue weighted by Gasteiger charge is 2.05. The number of rotatable bonds is 1. The second-order valence-corrected chi connectivity index (χ2v) is 2.68. The minimum Gasteiger partial charge on any atom is -0.366 e. The summed E-state index contributed by atoms with van der Waals surface area (Å²) in [5.74, 6) is -0.279. The monoisotopic (exact) mass is 190 g/mol. The Labute approximate surface area is 79.6 Å². The van der Waals surface area contributed by atoms with Crippen LogP contribution >= 0.6 is 0 Å². The van der Waals surface area contributed by atoms with Crippen molar-refractivity contribution in [2.45, 2.75) is 0 Å². The predicted molar refractivity (Wildman–Crippen MR) is 49.6 cm³/mol. The van der Waals surface area contributed by atoms with E-state index < -0.39 is 0 Å². The molecule has 0 fully saturated rings. The summed E-state index contributed by atoms with van der Waals surface area (Å²) in [7, 11) is 0. The van der Waals surface area contributed by atoms with E-state index in [2.05, 4.69) is 15.2 Å². The number of benzene rings is 1. The molecule has 1 aromatic carbocycles. The smallest absolute Gasteiger partial charge is 0.240 e.